The number of guanidine groups is 1. The Balaban J connectivity index is 0.00000420. The molecule has 1 aromatic rings. The van der Waals surface area contributed by atoms with E-state index in [1.807, 2.05) is 27.7 Å². The Morgan fingerprint density at radius 3 is 2.45 bits per heavy atom. The van der Waals surface area contributed by atoms with Crippen LogP contribution in [-0.4, -0.2) is 79.8 Å². The molecule has 0 amide bonds. The minimum atomic E-state index is -3.28. The van der Waals surface area contributed by atoms with Gasteiger partial charge in [0.25, 0.3) is 0 Å². The smallest absolute Gasteiger partial charge is 0.216 e. The van der Waals surface area contributed by atoms with Crippen molar-refractivity contribution in [2.75, 3.05) is 45.1 Å². The maximum Gasteiger partial charge on any atom is 0.216 e. The predicted octanol–water partition coefficient (Wildman–Crippen LogP) is 2.22. The van der Waals surface area contributed by atoms with Crippen molar-refractivity contribution in [3.63, 3.8) is 0 Å². The van der Waals surface area contributed by atoms with Crippen molar-refractivity contribution in [3.05, 3.63) is 15.6 Å². The summed E-state index contributed by atoms with van der Waals surface area (Å²) in [7, 11) is -3.28. The molecule has 11 heteroatoms. The van der Waals surface area contributed by atoms with Crippen LogP contribution < -0.4 is 5.32 Å². The molecule has 0 aromatic carbocycles. The summed E-state index contributed by atoms with van der Waals surface area (Å²) >= 11 is 1.67. The molecule has 168 valence electrons. The van der Waals surface area contributed by atoms with Gasteiger partial charge in [0.1, 0.15) is 5.01 Å². The first kappa shape index (κ1) is 26.5. The zero-order valence-corrected chi connectivity index (χ0v) is 21.9. The number of thiazole rings is 1. The molecule has 1 fully saturated rings. The van der Waals surface area contributed by atoms with Crippen LogP contribution in [0.5, 0.6) is 0 Å². The van der Waals surface area contributed by atoms with Crippen molar-refractivity contribution in [2.45, 2.75) is 47.3 Å². The second-order valence-corrected chi connectivity index (χ2v) is 10.4. The van der Waals surface area contributed by atoms with E-state index in [2.05, 4.69) is 22.1 Å². The number of hydrogen-bond donors (Lipinski definition) is 1. The number of aromatic nitrogens is 1. The van der Waals surface area contributed by atoms with E-state index in [0.717, 1.165) is 23.2 Å². The third-order valence-electron chi connectivity index (χ3n) is 4.50. The van der Waals surface area contributed by atoms with Crippen molar-refractivity contribution in [1.82, 2.24) is 19.5 Å². The van der Waals surface area contributed by atoms with Crippen LogP contribution in [0.3, 0.4) is 0 Å². The molecule has 0 unspecified atom stereocenters. The van der Waals surface area contributed by atoms with Crippen LogP contribution in [0, 0.1) is 13.8 Å². The number of rotatable bonds is 8. The molecule has 1 aromatic heterocycles. The number of ether oxygens (including phenoxy) is 1. The minimum Gasteiger partial charge on any atom is -0.378 e. The molecule has 2 rings (SSSR count). The normalized spacial score (nSPS) is 16.2. The standard InChI is InChI=1S/C18H33N5O3S2.HI/c1-6-19-18(20-13-17-21-15(4)16(5)27-17)22-7-9-23(10-8-22)28(24,25)12-11-26-14(2)3;/h14H,6-13H2,1-5H3,(H,19,20);1H. The summed E-state index contributed by atoms with van der Waals surface area (Å²) in [4.78, 5) is 12.6. The molecule has 0 radical (unpaired) electrons. The number of hydrogen-bond acceptors (Lipinski definition) is 6. The number of aryl methyl sites for hydroxylation is 2. The molecule has 1 aliphatic rings. The van der Waals surface area contributed by atoms with Gasteiger partial charge in [-0.25, -0.2) is 18.4 Å². The van der Waals surface area contributed by atoms with Crippen LogP contribution in [0.15, 0.2) is 4.99 Å². The van der Waals surface area contributed by atoms with Gasteiger partial charge in [0.05, 0.1) is 30.7 Å². The van der Waals surface area contributed by atoms with Crippen LogP contribution in [0.25, 0.3) is 0 Å². The first-order chi connectivity index (χ1) is 13.2. The van der Waals surface area contributed by atoms with Gasteiger partial charge < -0.3 is 15.0 Å². The lowest BCUT2D eigenvalue weighted by Crippen LogP contribution is -2.54. The Hall–Kier alpha value is -0.500. The van der Waals surface area contributed by atoms with Gasteiger partial charge in [0.2, 0.25) is 10.0 Å². The van der Waals surface area contributed by atoms with E-state index in [1.54, 1.807) is 15.6 Å². The van der Waals surface area contributed by atoms with Gasteiger partial charge in [-0.1, -0.05) is 0 Å². The zero-order valence-electron chi connectivity index (χ0n) is 18.0. The largest absolute Gasteiger partial charge is 0.378 e. The second-order valence-electron chi connectivity index (χ2n) is 7.04. The van der Waals surface area contributed by atoms with Crippen molar-refractivity contribution in [3.8, 4) is 0 Å². The fourth-order valence-corrected chi connectivity index (χ4v) is 5.01. The topological polar surface area (TPSA) is 87.1 Å². The molecule has 2 heterocycles. The number of sulfonamides is 1. The summed E-state index contributed by atoms with van der Waals surface area (Å²) in [5, 5.41) is 4.31. The Morgan fingerprint density at radius 1 is 1.28 bits per heavy atom. The van der Waals surface area contributed by atoms with Crippen molar-refractivity contribution < 1.29 is 13.2 Å². The average Bonchev–Trinajstić information content (AvgIpc) is 2.96. The highest BCUT2D eigenvalue weighted by atomic mass is 127. The van der Waals surface area contributed by atoms with Gasteiger partial charge in [0, 0.05) is 37.6 Å². The molecule has 8 nitrogen and oxygen atoms in total. The summed E-state index contributed by atoms with van der Waals surface area (Å²) in [6.45, 7) is 13.6. The van der Waals surface area contributed by atoms with Gasteiger partial charge in [-0.3, -0.25) is 0 Å². The molecule has 0 bridgehead atoms. The number of nitrogens with zero attached hydrogens (tertiary/aromatic N) is 4. The van der Waals surface area contributed by atoms with Gasteiger partial charge in [-0.05, 0) is 34.6 Å². The second kappa shape index (κ2) is 12.4. The Morgan fingerprint density at radius 2 is 1.93 bits per heavy atom. The van der Waals surface area contributed by atoms with Crippen LogP contribution in [0.4, 0.5) is 0 Å². The van der Waals surface area contributed by atoms with Crippen molar-refractivity contribution >= 4 is 51.3 Å². The lowest BCUT2D eigenvalue weighted by Gasteiger charge is -2.35. The van der Waals surface area contributed by atoms with Crippen molar-refractivity contribution in [1.29, 1.82) is 0 Å². The molecule has 1 N–H and O–H groups in total. The highest BCUT2D eigenvalue weighted by Crippen LogP contribution is 2.17. The summed E-state index contributed by atoms with van der Waals surface area (Å²) in [6, 6.07) is 0. The molecule has 1 aliphatic heterocycles. The first-order valence-electron chi connectivity index (χ1n) is 9.78. The Labute approximate surface area is 196 Å². The fraction of sp³-hybridized carbons (Fsp3) is 0.778. The number of nitrogens with one attached hydrogen (secondary N) is 1. The lowest BCUT2D eigenvalue weighted by atomic mass is 10.4. The third kappa shape index (κ3) is 8.27. The molecular weight excluding hydrogens is 525 g/mol. The zero-order chi connectivity index (χ0) is 20.7. The number of halogens is 1. The summed E-state index contributed by atoms with van der Waals surface area (Å²) in [5.41, 5.74) is 1.06. The third-order valence-corrected chi connectivity index (χ3v) is 7.39. The summed E-state index contributed by atoms with van der Waals surface area (Å²) < 4.78 is 31.9. The van der Waals surface area contributed by atoms with E-state index in [-0.39, 0.29) is 42.4 Å². The lowest BCUT2D eigenvalue weighted by molar-refractivity contribution is 0.0904. The SMILES string of the molecule is CCNC(=NCc1nc(C)c(C)s1)N1CCN(S(=O)(=O)CCOC(C)C)CC1.I. The van der Waals surface area contributed by atoms with Crippen molar-refractivity contribution in [2.24, 2.45) is 4.99 Å². The van der Waals surface area contributed by atoms with Gasteiger partial charge in [-0.2, -0.15) is 4.31 Å². The van der Waals surface area contributed by atoms with Crippen LogP contribution in [-0.2, 0) is 21.3 Å². The van der Waals surface area contributed by atoms with Crippen LogP contribution in [0.1, 0.15) is 36.3 Å². The van der Waals surface area contributed by atoms with Crippen LogP contribution >= 0.6 is 35.3 Å². The quantitative estimate of drug-likeness (QED) is 0.299. The maximum absolute atomic E-state index is 12.5. The van der Waals surface area contributed by atoms with E-state index >= 15 is 0 Å². The maximum atomic E-state index is 12.5. The molecule has 29 heavy (non-hydrogen) atoms. The van der Waals surface area contributed by atoms with Crippen LogP contribution in [0.2, 0.25) is 0 Å². The van der Waals surface area contributed by atoms with Gasteiger partial charge >= 0.3 is 0 Å². The molecule has 0 saturated carbocycles. The average molecular weight is 560 g/mol. The Bertz CT molecular complexity index is 740. The highest BCUT2D eigenvalue weighted by molar-refractivity contribution is 14.0. The highest BCUT2D eigenvalue weighted by Gasteiger charge is 2.28. The molecule has 0 spiro atoms. The molecule has 1 saturated heterocycles. The number of aliphatic imine (C=N–C) groups is 1. The minimum absolute atomic E-state index is 0. The number of piperazine rings is 1. The van der Waals surface area contributed by atoms with Gasteiger partial charge in [-0.15, -0.1) is 35.3 Å². The Kier molecular flexibility index (Phi) is 11.3. The molecule has 0 atom stereocenters. The first-order valence-corrected chi connectivity index (χ1v) is 12.2. The summed E-state index contributed by atoms with van der Waals surface area (Å²) in [5.74, 6) is 0.843. The van der Waals surface area contributed by atoms with E-state index in [1.165, 1.54) is 4.88 Å². The van der Waals surface area contributed by atoms with E-state index in [0.29, 0.717) is 32.7 Å². The predicted molar refractivity (Wildman–Crippen MR) is 130 cm³/mol. The summed E-state index contributed by atoms with van der Waals surface area (Å²) in [6.07, 6.45) is 0.0383. The van der Waals surface area contributed by atoms with Gasteiger partial charge in [0.15, 0.2) is 5.96 Å². The monoisotopic (exact) mass is 559 g/mol. The molecular formula is C18H34IN5O3S2. The van der Waals surface area contributed by atoms with E-state index in [4.69, 9.17) is 9.73 Å². The fourth-order valence-electron chi connectivity index (χ4n) is 2.87. The molecule has 0 aliphatic carbocycles. The van der Waals surface area contributed by atoms with E-state index < -0.39 is 10.0 Å². The van der Waals surface area contributed by atoms with E-state index in [9.17, 15) is 8.42 Å².